The molecule has 0 bridgehead atoms. The summed E-state index contributed by atoms with van der Waals surface area (Å²) >= 11 is 1.62. The fourth-order valence-electron chi connectivity index (χ4n) is 2.57. The van der Waals surface area contributed by atoms with E-state index in [1.54, 1.807) is 25.6 Å². The average molecular weight is 281 g/mol. The molecule has 3 rings (SSSR count). The summed E-state index contributed by atoms with van der Waals surface area (Å²) in [5.74, 6) is 0.708. The highest BCUT2D eigenvalue weighted by Gasteiger charge is 2.36. The smallest absolute Gasteiger partial charge is 0.237 e. The van der Waals surface area contributed by atoms with Gasteiger partial charge in [-0.3, -0.25) is 4.40 Å². The predicted octanol–water partition coefficient (Wildman–Crippen LogP) is 2.06. The number of nitrogens with zero attached hydrogens (tertiary/aromatic N) is 2. The predicted molar refractivity (Wildman–Crippen MR) is 74.9 cm³/mol. The zero-order chi connectivity index (χ0) is 13.3. The normalized spacial score (nSPS) is 17.6. The van der Waals surface area contributed by atoms with Gasteiger partial charge in [0, 0.05) is 31.8 Å². The molecule has 0 atom stereocenters. The van der Waals surface area contributed by atoms with E-state index in [1.165, 1.54) is 6.42 Å². The lowest BCUT2D eigenvalue weighted by Gasteiger charge is -2.40. The summed E-state index contributed by atoms with van der Waals surface area (Å²) in [7, 11) is 3.47. The number of hydrogen-bond donors (Lipinski definition) is 1. The first-order chi connectivity index (χ1) is 9.28. The maximum Gasteiger partial charge on any atom is 0.237 e. The first-order valence-corrected chi connectivity index (χ1v) is 7.40. The van der Waals surface area contributed by atoms with Crippen LogP contribution in [0.1, 0.15) is 25.0 Å². The summed E-state index contributed by atoms with van der Waals surface area (Å²) < 4.78 is 13.0. The number of fused-ring (bicyclic) bond motifs is 1. The van der Waals surface area contributed by atoms with Crippen molar-refractivity contribution in [1.29, 1.82) is 0 Å². The molecule has 0 spiro atoms. The van der Waals surface area contributed by atoms with Gasteiger partial charge in [0.05, 0.1) is 12.7 Å². The molecule has 1 aliphatic rings. The molecule has 0 radical (unpaired) electrons. The van der Waals surface area contributed by atoms with E-state index in [-0.39, 0.29) is 5.60 Å². The third-order valence-electron chi connectivity index (χ3n) is 3.96. The number of methoxy groups -OCH3 is 2. The van der Waals surface area contributed by atoms with Gasteiger partial charge < -0.3 is 14.8 Å². The molecule has 104 valence electrons. The number of thiazole rings is 1. The van der Waals surface area contributed by atoms with Crippen LogP contribution in [0.2, 0.25) is 0 Å². The van der Waals surface area contributed by atoms with Crippen molar-refractivity contribution in [3.05, 3.63) is 17.3 Å². The SMILES string of the molecule is COc1nc2sccn2c1CNCC1(OC)CCC1. The Labute approximate surface area is 116 Å². The quantitative estimate of drug-likeness (QED) is 0.880. The van der Waals surface area contributed by atoms with E-state index in [2.05, 4.69) is 14.7 Å². The monoisotopic (exact) mass is 281 g/mol. The molecule has 0 amide bonds. The molecule has 1 N–H and O–H groups in total. The molecule has 0 aliphatic heterocycles. The Balaban J connectivity index is 1.69. The highest BCUT2D eigenvalue weighted by molar-refractivity contribution is 7.15. The molecule has 2 heterocycles. The van der Waals surface area contributed by atoms with Gasteiger partial charge in [0.15, 0.2) is 4.96 Å². The van der Waals surface area contributed by atoms with E-state index in [0.29, 0.717) is 5.88 Å². The highest BCUT2D eigenvalue weighted by Crippen LogP contribution is 2.34. The Morgan fingerprint density at radius 2 is 2.32 bits per heavy atom. The van der Waals surface area contributed by atoms with E-state index < -0.39 is 0 Å². The second-order valence-corrected chi connectivity index (χ2v) is 5.84. The van der Waals surface area contributed by atoms with Gasteiger partial charge in [-0.1, -0.05) is 0 Å². The van der Waals surface area contributed by atoms with Gasteiger partial charge in [-0.05, 0) is 19.3 Å². The zero-order valence-corrected chi connectivity index (χ0v) is 12.1. The number of ether oxygens (including phenoxy) is 2. The van der Waals surface area contributed by atoms with E-state index in [9.17, 15) is 0 Å². The lowest BCUT2D eigenvalue weighted by molar-refractivity contribution is -0.0696. The van der Waals surface area contributed by atoms with Crippen LogP contribution in [0.4, 0.5) is 0 Å². The Bertz CT molecular complexity index is 554. The van der Waals surface area contributed by atoms with Gasteiger partial charge in [-0.15, -0.1) is 11.3 Å². The minimum atomic E-state index is 0.0473. The summed E-state index contributed by atoms with van der Waals surface area (Å²) in [5.41, 5.74) is 1.12. The lowest BCUT2D eigenvalue weighted by atomic mass is 9.80. The van der Waals surface area contributed by atoms with Crippen LogP contribution in [0.25, 0.3) is 4.96 Å². The molecule has 19 heavy (non-hydrogen) atoms. The molecular formula is C13H19N3O2S. The van der Waals surface area contributed by atoms with Gasteiger partial charge in [0.1, 0.15) is 5.69 Å². The highest BCUT2D eigenvalue weighted by atomic mass is 32.1. The van der Waals surface area contributed by atoms with Crippen LogP contribution < -0.4 is 10.1 Å². The summed E-state index contributed by atoms with van der Waals surface area (Å²) in [6, 6.07) is 0. The van der Waals surface area contributed by atoms with Crippen LogP contribution in [0.5, 0.6) is 5.88 Å². The van der Waals surface area contributed by atoms with Gasteiger partial charge in [-0.2, -0.15) is 4.98 Å². The van der Waals surface area contributed by atoms with Crippen molar-refractivity contribution in [2.45, 2.75) is 31.4 Å². The minimum Gasteiger partial charge on any atom is -0.480 e. The molecular weight excluding hydrogens is 262 g/mol. The van der Waals surface area contributed by atoms with Crippen molar-refractivity contribution in [2.75, 3.05) is 20.8 Å². The molecule has 0 aromatic carbocycles. The Kier molecular flexibility index (Phi) is 3.47. The standard InChI is InChI=1S/C13H19N3O2S/c1-17-11-10(16-6-7-19-12(16)15-11)8-14-9-13(18-2)4-3-5-13/h6-7,14H,3-5,8-9H2,1-2H3. The van der Waals surface area contributed by atoms with Crippen molar-refractivity contribution in [3.8, 4) is 5.88 Å². The van der Waals surface area contributed by atoms with Crippen molar-refractivity contribution in [3.63, 3.8) is 0 Å². The molecule has 6 heteroatoms. The van der Waals surface area contributed by atoms with Gasteiger partial charge in [0.2, 0.25) is 5.88 Å². The van der Waals surface area contributed by atoms with E-state index >= 15 is 0 Å². The number of aromatic nitrogens is 2. The van der Waals surface area contributed by atoms with Gasteiger partial charge in [-0.25, -0.2) is 0 Å². The van der Waals surface area contributed by atoms with Crippen molar-refractivity contribution < 1.29 is 9.47 Å². The summed E-state index contributed by atoms with van der Waals surface area (Å²) in [5, 5.41) is 5.51. The Morgan fingerprint density at radius 3 is 2.95 bits per heavy atom. The molecule has 1 fully saturated rings. The van der Waals surface area contributed by atoms with Crippen LogP contribution in [0.3, 0.4) is 0 Å². The maximum atomic E-state index is 5.61. The third kappa shape index (κ3) is 2.24. The summed E-state index contributed by atoms with van der Waals surface area (Å²) in [4.78, 5) is 5.42. The molecule has 2 aromatic heterocycles. The zero-order valence-electron chi connectivity index (χ0n) is 11.3. The first-order valence-electron chi connectivity index (χ1n) is 6.52. The van der Waals surface area contributed by atoms with E-state index in [0.717, 1.165) is 36.6 Å². The largest absolute Gasteiger partial charge is 0.480 e. The van der Waals surface area contributed by atoms with Crippen LogP contribution in [0, 0.1) is 0 Å². The number of rotatable bonds is 6. The molecule has 0 saturated heterocycles. The maximum absolute atomic E-state index is 5.61. The van der Waals surface area contributed by atoms with Crippen LogP contribution >= 0.6 is 11.3 Å². The molecule has 0 unspecified atom stereocenters. The fraction of sp³-hybridized carbons (Fsp3) is 0.615. The van der Waals surface area contributed by atoms with Crippen LogP contribution in [-0.4, -0.2) is 35.8 Å². The van der Waals surface area contributed by atoms with E-state index in [4.69, 9.17) is 9.47 Å². The molecule has 2 aromatic rings. The Morgan fingerprint density at radius 1 is 1.47 bits per heavy atom. The molecule has 5 nitrogen and oxygen atoms in total. The Hall–Kier alpha value is -1.11. The minimum absolute atomic E-state index is 0.0473. The summed E-state index contributed by atoms with van der Waals surface area (Å²) in [6.07, 6.45) is 5.59. The van der Waals surface area contributed by atoms with Gasteiger partial charge in [0.25, 0.3) is 0 Å². The second-order valence-electron chi connectivity index (χ2n) is 4.97. The van der Waals surface area contributed by atoms with Crippen molar-refractivity contribution >= 4 is 16.3 Å². The first kappa shape index (κ1) is 12.9. The number of hydrogen-bond acceptors (Lipinski definition) is 5. The lowest BCUT2D eigenvalue weighted by Crippen LogP contribution is -2.47. The molecule has 1 saturated carbocycles. The fourth-order valence-corrected chi connectivity index (χ4v) is 3.29. The third-order valence-corrected chi connectivity index (χ3v) is 4.71. The number of imidazole rings is 1. The second kappa shape index (κ2) is 5.11. The number of nitrogens with one attached hydrogen (secondary N) is 1. The van der Waals surface area contributed by atoms with E-state index in [1.807, 2.05) is 11.6 Å². The van der Waals surface area contributed by atoms with Crippen molar-refractivity contribution in [1.82, 2.24) is 14.7 Å². The van der Waals surface area contributed by atoms with Crippen LogP contribution in [-0.2, 0) is 11.3 Å². The van der Waals surface area contributed by atoms with Crippen LogP contribution in [0.15, 0.2) is 11.6 Å². The van der Waals surface area contributed by atoms with Crippen molar-refractivity contribution in [2.24, 2.45) is 0 Å². The van der Waals surface area contributed by atoms with Gasteiger partial charge >= 0.3 is 0 Å². The summed E-state index contributed by atoms with van der Waals surface area (Å²) in [6.45, 7) is 1.62. The topological polar surface area (TPSA) is 47.8 Å². The molecule has 1 aliphatic carbocycles. The average Bonchev–Trinajstić information content (AvgIpc) is 2.94.